The second-order valence-electron chi connectivity index (χ2n) is 7.06. The molecule has 7 heteroatoms. The van der Waals surface area contributed by atoms with Crippen molar-refractivity contribution in [1.82, 2.24) is 20.0 Å². The number of aromatic nitrogens is 2. The van der Waals surface area contributed by atoms with Crippen LogP contribution in [0.3, 0.4) is 0 Å². The minimum atomic E-state index is 0.172. The quantitative estimate of drug-likeness (QED) is 0.822. The van der Waals surface area contributed by atoms with Gasteiger partial charge in [-0.25, -0.2) is 0 Å². The molecule has 0 aliphatic carbocycles. The van der Waals surface area contributed by atoms with Crippen molar-refractivity contribution in [1.29, 1.82) is 0 Å². The minimum absolute atomic E-state index is 0.172. The fourth-order valence-corrected chi connectivity index (χ4v) is 4.00. The van der Waals surface area contributed by atoms with Crippen LogP contribution in [0.15, 0.2) is 28.7 Å². The Morgan fingerprint density at radius 2 is 1.85 bits per heavy atom. The molecular formula is C19H23ClN4O2. The van der Waals surface area contributed by atoms with Crippen LogP contribution in [0, 0.1) is 5.92 Å². The summed E-state index contributed by atoms with van der Waals surface area (Å²) in [5, 5.41) is 8.87. The number of hydrogen-bond acceptors (Lipinski definition) is 5. The van der Waals surface area contributed by atoms with Gasteiger partial charge in [0.15, 0.2) is 0 Å². The molecule has 2 aromatic rings. The van der Waals surface area contributed by atoms with Crippen LogP contribution in [0.1, 0.15) is 31.6 Å². The molecule has 0 bridgehead atoms. The number of halogens is 1. The van der Waals surface area contributed by atoms with Crippen LogP contribution < -0.4 is 0 Å². The van der Waals surface area contributed by atoms with Gasteiger partial charge in [-0.2, -0.15) is 0 Å². The second-order valence-corrected chi connectivity index (χ2v) is 7.47. The zero-order valence-corrected chi connectivity index (χ0v) is 15.5. The first-order valence-electron chi connectivity index (χ1n) is 9.29. The number of hydrogen-bond donors (Lipinski definition) is 0. The third-order valence-electron chi connectivity index (χ3n) is 5.28. The summed E-state index contributed by atoms with van der Waals surface area (Å²) in [5.41, 5.74) is 0.753. The van der Waals surface area contributed by atoms with Crippen LogP contribution >= 0.6 is 11.6 Å². The second kappa shape index (κ2) is 7.76. The average molecular weight is 375 g/mol. The van der Waals surface area contributed by atoms with Gasteiger partial charge in [-0.3, -0.25) is 9.69 Å². The highest BCUT2D eigenvalue weighted by atomic mass is 35.5. The molecule has 2 saturated heterocycles. The molecule has 0 spiro atoms. The Balaban J connectivity index is 1.32. The van der Waals surface area contributed by atoms with Crippen LogP contribution in [0.5, 0.6) is 0 Å². The highest BCUT2D eigenvalue weighted by Gasteiger charge is 2.30. The van der Waals surface area contributed by atoms with Crippen molar-refractivity contribution in [3.05, 3.63) is 35.2 Å². The van der Waals surface area contributed by atoms with E-state index >= 15 is 0 Å². The number of rotatable bonds is 4. The van der Waals surface area contributed by atoms with E-state index < -0.39 is 0 Å². The first-order chi connectivity index (χ1) is 12.7. The van der Waals surface area contributed by atoms with E-state index in [2.05, 4.69) is 15.1 Å². The van der Waals surface area contributed by atoms with E-state index in [0.717, 1.165) is 57.4 Å². The third-order valence-corrected chi connectivity index (χ3v) is 5.61. The van der Waals surface area contributed by atoms with Gasteiger partial charge >= 0.3 is 0 Å². The number of likely N-dealkylation sites (tertiary alicyclic amines) is 2. The van der Waals surface area contributed by atoms with Crippen LogP contribution in [0.2, 0.25) is 5.02 Å². The van der Waals surface area contributed by atoms with Crippen molar-refractivity contribution >= 4 is 17.5 Å². The van der Waals surface area contributed by atoms with Crippen LogP contribution in [0.25, 0.3) is 11.5 Å². The summed E-state index contributed by atoms with van der Waals surface area (Å²) >= 11 is 6.19. The molecule has 2 aliphatic heterocycles. The molecule has 4 rings (SSSR count). The smallest absolute Gasteiger partial charge is 0.249 e. The van der Waals surface area contributed by atoms with Gasteiger partial charge in [0.05, 0.1) is 17.1 Å². The van der Waals surface area contributed by atoms with Crippen LogP contribution in [-0.4, -0.2) is 52.1 Å². The lowest BCUT2D eigenvalue weighted by Gasteiger charge is -2.32. The standard InChI is InChI=1S/C19H23ClN4O2/c20-16-6-2-1-5-15(16)18-22-21-17(26-18)13-23-11-7-14(8-12-23)19(25)24-9-3-4-10-24/h1-2,5-6,14H,3-4,7-13H2. The number of piperidine rings is 1. The molecule has 1 aromatic carbocycles. The topological polar surface area (TPSA) is 62.5 Å². The molecule has 0 radical (unpaired) electrons. The molecule has 3 heterocycles. The molecule has 0 N–H and O–H groups in total. The maximum absolute atomic E-state index is 12.5. The first-order valence-corrected chi connectivity index (χ1v) is 9.67. The molecule has 26 heavy (non-hydrogen) atoms. The van der Waals surface area contributed by atoms with E-state index in [4.69, 9.17) is 16.0 Å². The number of carbonyl (C=O) groups excluding carboxylic acids is 1. The molecule has 2 aliphatic rings. The van der Waals surface area contributed by atoms with Gasteiger partial charge in [-0.15, -0.1) is 10.2 Å². The van der Waals surface area contributed by atoms with E-state index in [-0.39, 0.29) is 5.92 Å². The molecule has 6 nitrogen and oxygen atoms in total. The van der Waals surface area contributed by atoms with E-state index in [1.807, 2.05) is 29.2 Å². The van der Waals surface area contributed by atoms with Gasteiger partial charge in [0.25, 0.3) is 0 Å². The highest BCUT2D eigenvalue weighted by molar-refractivity contribution is 6.33. The first kappa shape index (κ1) is 17.5. The maximum Gasteiger partial charge on any atom is 0.249 e. The number of carbonyl (C=O) groups is 1. The number of nitrogens with zero attached hydrogens (tertiary/aromatic N) is 4. The molecule has 138 valence electrons. The van der Waals surface area contributed by atoms with Crippen molar-refractivity contribution in [2.24, 2.45) is 5.92 Å². The molecular weight excluding hydrogens is 352 g/mol. The van der Waals surface area contributed by atoms with E-state index in [1.165, 1.54) is 0 Å². The van der Waals surface area contributed by atoms with Gasteiger partial charge in [0.2, 0.25) is 17.7 Å². The normalized spacial score (nSPS) is 19.2. The Kier molecular flexibility index (Phi) is 5.22. The van der Waals surface area contributed by atoms with Gasteiger partial charge in [-0.1, -0.05) is 23.7 Å². The Morgan fingerprint density at radius 3 is 2.58 bits per heavy atom. The Labute approximate surface area is 158 Å². The largest absolute Gasteiger partial charge is 0.419 e. The van der Waals surface area contributed by atoms with Gasteiger partial charge in [0.1, 0.15) is 0 Å². The van der Waals surface area contributed by atoms with Crippen molar-refractivity contribution in [3.8, 4) is 11.5 Å². The van der Waals surface area contributed by atoms with Gasteiger partial charge < -0.3 is 9.32 Å². The summed E-state index contributed by atoms with van der Waals surface area (Å²) in [6, 6.07) is 7.45. The van der Waals surface area contributed by atoms with Crippen LogP contribution in [-0.2, 0) is 11.3 Å². The summed E-state index contributed by atoms with van der Waals surface area (Å²) in [5.74, 6) is 1.56. The molecule has 1 amide bonds. The number of benzene rings is 1. The fraction of sp³-hybridized carbons (Fsp3) is 0.526. The zero-order valence-electron chi connectivity index (χ0n) is 14.7. The summed E-state index contributed by atoms with van der Waals surface area (Å²) < 4.78 is 5.79. The van der Waals surface area contributed by atoms with Crippen molar-refractivity contribution < 1.29 is 9.21 Å². The average Bonchev–Trinajstić information content (AvgIpc) is 3.34. The zero-order chi connectivity index (χ0) is 17.9. The molecule has 0 unspecified atom stereocenters. The molecule has 0 atom stereocenters. The van der Waals surface area contributed by atoms with Crippen molar-refractivity contribution in [2.75, 3.05) is 26.2 Å². The number of amides is 1. The lowest BCUT2D eigenvalue weighted by Crippen LogP contribution is -2.41. The monoisotopic (exact) mass is 374 g/mol. The fourth-order valence-electron chi connectivity index (χ4n) is 3.79. The molecule has 2 fully saturated rings. The summed E-state index contributed by atoms with van der Waals surface area (Å²) in [7, 11) is 0. The predicted octanol–water partition coefficient (Wildman–Crippen LogP) is 3.22. The van der Waals surface area contributed by atoms with E-state index in [1.54, 1.807) is 0 Å². The minimum Gasteiger partial charge on any atom is -0.419 e. The van der Waals surface area contributed by atoms with Crippen LogP contribution in [0.4, 0.5) is 0 Å². The lowest BCUT2D eigenvalue weighted by molar-refractivity contribution is -0.136. The van der Waals surface area contributed by atoms with Gasteiger partial charge in [0, 0.05) is 19.0 Å². The lowest BCUT2D eigenvalue weighted by atomic mass is 9.95. The van der Waals surface area contributed by atoms with Crippen molar-refractivity contribution in [3.63, 3.8) is 0 Å². The van der Waals surface area contributed by atoms with Gasteiger partial charge in [-0.05, 0) is 50.9 Å². The highest BCUT2D eigenvalue weighted by Crippen LogP contribution is 2.27. The van der Waals surface area contributed by atoms with E-state index in [9.17, 15) is 4.79 Å². The Hall–Kier alpha value is -1.92. The Bertz CT molecular complexity index is 764. The van der Waals surface area contributed by atoms with Crippen molar-refractivity contribution in [2.45, 2.75) is 32.2 Å². The molecule has 1 aromatic heterocycles. The summed E-state index contributed by atoms with van der Waals surface area (Å²) in [6.07, 6.45) is 4.10. The SMILES string of the molecule is O=C(C1CCN(Cc2nnc(-c3ccccc3Cl)o2)CC1)N1CCCC1. The summed E-state index contributed by atoms with van der Waals surface area (Å²) in [6.45, 7) is 4.25. The Morgan fingerprint density at radius 1 is 1.12 bits per heavy atom. The predicted molar refractivity (Wildman–Crippen MR) is 98.6 cm³/mol. The summed E-state index contributed by atoms with van der Waals surface area (Å²) in [4.78, 5) is 16.8. The maximum atomic E-state index is 12.5. The van der Waals surface area contributed by atoms with E-state index in [0.29, 0.717) is 29.3 Å². The molecule has 0 saturated carbocycles. The third kappa shape index (κ3) is 3.76.